The molecular formula is C20H15ClN4O2. The summed E-state index contributed by atoms with van der Waals surface area (Å²) >= 11 is 5.94. The van der Waals surface area contributed by atoms with Crippen molar-refractivity contribution in [3.05, 3.63) is 65.6 Å². The molecule has 3 heterocycles. The number of carbonyl (C=O) groups excluding carboxylic acids is 1. The minimum atomic E-state index is -0.101. The SMILES string of the molecule is O=C1CC(c2noc(-c3cccc4[nH]ccc34)n2)CN1c1ccc(Cl)cc1. The zero-order valence-corrected chi connectivity index (χ0v) is 15.0. The van der Waals surface area contributed by atoms with Crippen molar-refractivity contribution in [3.8, 4) is 11.5 Å². The van der Waals surface area contributed by atoms with Crippen LogP contribution in [0.4, 0.5) is 5.69 Å². The van der Waals surface area contributed by atoms with Crippen molar-refractivity contribution in [2.75, 3.05) is 11.4 Å². The number of nitrogens with one attached hydrogen (secondary N) is 1. The first-order valence-electron chi connectivity index (χ1n) is 8.65. The maximum atomic E-state index is 12.5. The Kier molecular flexibility index (Phi) is 3.72. The smallest absolute Gasteiger partial charge is 0.258 e. The maximum absolute atomic E-state index is 12.5. The van der Waals surface area contributed by atoms with E-state index in [4.69, 9.17) is 16.1 Å². The Morgan fingerprint density at radius 2 is 2.00 bits per heavy atom. The Hall–Kier alpha value is -3.12. The lowest BCUT2D eigenvalue weighted by Crippen LogP contribution is -2.24. The van der Waals surface area contributed by atoms with E-state index in [1.54, 1.807) is 17.0 Å². The Morgan fingerprint density at radius 1 is 1.15 bits per heavy atom. The molecule has 1 atom stereocenters. The van der Waals surface area contributed by atoms with Crippen molar-refractivity contribution >= 4 is 34.1 Å². The van der Waals surface area contributed by atoms with Crippen LogP contribution >= 0.6 is 11.6 Å². The third-order valence-corrected chi connectivity index (χ3v) is 5.15. The lowest BCUT2D eigenvalue weighted by Gasteiger charge is -2.16. The molecule has 1 aliphatic rings. The van der Waals surface area contributed by atoms with E-state index >= 15 is 0 Å². The van der Waals surface area contributed by atoms with Gasteiger partial charge in [0.05, 0.1) is 0 Å². The third-order valence-electron chi connectivity index (χ3n) is 4.90. The van der Waals surface area contributed by atoms with E-state index in [-0.39, 0.29) is 11.8 Å². The third kappa shape index (κ3) is 2.78. The van der Waals surface area contributed by atoms with Crippen molar-refractivity contribution in [2.24, 2.45) is 0 Å². The molecule has 0 radical (unpaired) electrons. The summed E-state index contributed by atoms with van der Waals surface area (Å²) in [7, 11) is 0. The van der Waals surface area contributed by atoms with Gasteiger partial charge < -0.3 is 14.4 Å². The predicted octanol–water partition coefficient (Wildman–Crippen LogP) is 4.39. The molecule has 0 aliphatic carbocycles. The zero-order valence-electron chi connectivity index (χ0n) is 14.2. The quantitative estimate of drug-likeness (QED) is 0.573. The van der Waals surface area contributed by atoms with Gasteiger partial charge >= 0.3 is 0 Å². The van der Waals surface area contributed by atoms with Crippen LogP contribution in [0.25, 0.3) is 22.4 Å². The number of nitrogens with zero attached hydrogens (tertiary/aromatic N) is 3. The fourth-order valence-electron chi connectivity index (χ4n) is 3.53. The first-order valence-corrected chi connectivity index (χ1v) is 9.03. The number of hydrogen-bond donors (Lipinski definition) is 1. The molecule has 27 heavy (non-hydrogen) atoms. The van der Waals surface area contributed by atoms with Gasteiger partial charge in [-0.15, -0.1) is 0 Å². The molecule has 0 bridgehead atoms. The average Bonchev–Trinajstić information content (AvgIpc) is 3.41. The second kappa shape index (κ2) is 6.25. The molecule has 5 rings (SSSR count). The highest BCUT2D eigenvalue weighted by molar-refractivity contribution is 6.30. The van der Waals surface area contributed by atoms with Crippen molar-refractivity contribution in [2.45, 2.75) is 12.3 Å². The average molecular weight is 379 g/mol. The van der Waals surface area contributed by atoms with Crippen LogP contribution in [-0.4, -0.2) is 27.6 Å². The van der Waals surface area contributed by atoms with Crippen LogP contribution in [0.1, 0.15) is 18.2 Å². The molecule has 6 nitrogen and oxygen atoms in total. The summed E-state index contributed by atoms with van der Waals surface area (Å²) in [5, 5.41) is 5.81. The maximum Gasteiger partial charge on any atom is 0.258 e. The predicted molar refractivity (Wildman–Crippen MR) is 103 cm³/mol. The largest absolute Gasteiger partial charge is 0.361 e. The highest BCUT2D eigenvalue weighted by Gasteiger charge is 2.34. The van der Waals surface area contributed by atoms with E-state index in [1.165, 1.54) is 0 Å². The summed E-state index contributed by atoms with van der Waals surface area (Å²) in [6, 6.07) is 15.1. The number of H-pyrrole nitrogens is 1. The topological polar surface area (TPSA) is 75.0 Å². The molecular weight excluding hydrogens is 364 g/mol. The summed E-state index contributed by atoms with van der Waals surface area (Å²) < 4.78 is 5.51. The van der Waals surface area contributed by atoms with Crippen LogP contribution < -0.4 is 4.90 Å². The van der Waals surface area contributed by atoms with E-state index in [1.807, 2.05) is 42.6 Å². The second-order valence-corrected chi connectivity index (χ2v) is 7.02. The number of halogens is 1. The minimum Gasteiger partial charge on any atom is -0.361 e. The molecule has 0 saturated carbocycles. The second-order valence-electron chi connectivity index (χ2n) is 6.58. The molecule has 1 aliphatic heterocycles. The molecule has 1 amide bonds. The van der Waals surface area contributed by atoms with E-state index in [2.05, 4.69) is 15.1 Å². The first-order chi connectivity index (χ1) is 13.2. The summed E-state index contributed by atoms with van der Waals surface area (Å²) in [4.78, 5) is 22.0. The molecule has 1 fully saturated rings. The van der Waals surface area contributed by atoms with Crippen LogP contribution in [0.5, 0.6) is 0 Å². The summed E-state index contributed by atoms with van der Waals surface area (Å²) in [6.07, 6.45) is 2.24. The standard InChI is InChI=1S/C20H15ClN4O2/c21-13-4-6-14(7-5-13)25-11-12(10-18(25)26)19-23-20(27-24-19)16-2-1-3-17-15(16)8-9-22-17/h1-9,12,22H,10-11H2. The van der Waals surface area contributed by atoms with Gasteiger partial charge in [0.15, 0.2) is 5.82 Å². The van der Waals surface area contributed by atoms with Gasteiger partial charge in [0.1, 0.15) is 0 Å². The molecule has 2 aromatic heterocycles. The van der Waals surface area contributed by atoms with Gasteiger partial charge in [-0.3, -0.25) is 4.79 Å². The molecule has 4 aromatic rings. The monoisotopic (exact) mass is 378 g/mol. The van der Waals surface area contributed by atoms with Crippen LogP contribution in [0.15, 0.2) is 59.3 Å². The molecule has 134 valence electrons. The molecule has 7 heteroatoms. The fraction of sp³-hybridized carbons (Fsp3) is 0.150. The van der Waals surface area contributed by atoms with Crippen LogP contribution in [0, 0.1) is 0 Å². The highest BCUT2D eigenvalue weighted by Crippen LogP contribution is 2.33. The number of hydrogen-bond acceptors (Lipinski definition) is 4. The van der Waals surface area contributed by atoms with Crippen LogP contribution in [0.2, 0.25) is 5.02 Å². The van der Waals surface area contributed by atoms with Crippen molar-refractivity contribution in [1.82, 2.24) is 15.1 Å². The number of rotatable bonds is 3. The number of anilines is 1. The van der Waals surface area contributed by atoms with E-state index < -0.39 is 0 Å². The highest BCUT2D eigenvalue weighted by atomic mass is 35.5. The van der Waals surface area contributed by atoms with Gasteiger partial charge in [-0.05, 0) is 42.5 Å². The minimum absolute atomic E-state index is 0.0430. The van der Waals surface area contributed by atoms with E-state index in [0.717, 1.165) is 22.2 Å². The van der Waals surface area contributed by atoms with Gasteiger partial charge in [-0.1, -0.05) is 22.8 Å². The molecule has 1 unspecified atom stereocenters. The van der Waals surface area contributed by atoms with Crippen molar-refractivity contribution in [3.63, 3.8) is 0 Å². The van der Waals surface area contributed by atoms with Gasteiger partial charge in [-0.25, -0.2) is 0 Å². The summed E-state index contributed by atoms with van der Waals surface area (Å²) in [5.41, 5.74) is 2.72. The lowest BCUT2D eigenvalue weighted by atomic mass is 10.1. The van der Waals surface area contributed by atoms with Gasteiger partial charge in [-0.2, -0.15) is 4.98 Å². The number of benzene rings is 2. The Balaban J connectivity index is 1.43. The van der Waals surface area contributed by atoms with E-state index in [0.29, 0.717) is 29.7 Å². The number of amides is 1. The zero-order chi connectivity index (χ0) is 18.4. The molecule has 1 N–H and O–H groups in total. The van der Waals surface area contributed by atoms with Crippen LogP contribution in [0.3, 0.4) is 0 Å². The number of fused-ring (bicyclic) bond motifs is 1. The van der Waals surface area contributed by atoms with Gasteiger partial charge in [0.25, 0.3) is 5.89 Å². The Labute approximate surface area is 159 Å². The molecule has 1 saturated heterocycles. The van der Waals surface area contributed by atoms with Crippen molar-refractivity contribution in [1.29, 1.82) is 0 Å². The summed E-state index contributed by atoms with van der Waals surface area (Å²) in [6.45, 7) is 0.522. The fourth-order valence-corrected chi connectivity index (χ4v) is 3.66. The van der Waals surface area contributed by atoms with Gasteiger partial charge in [0.2, 0.25) is 5.91 Å². The Bertz CT molecular complexity index is 1130. The Morgan fingerprint density at radius 3 is 2.85 bits per heavy atom. The molecule has 2 aromatic carbocycles. The number of aromatic nitrogens is 3. The number of carbonyl (C=O) groups is 1. The van der Waals surface area contributed by atoms with Crippen molar-refractivity contribution < 1.29 is 9.32 Å². The first kappa shape index (κ1) is 16.1. The molecule has 0 spiro atoms. The lowest BCUT2D eigenvalue weighted by molar-refractivity contribution is -0.117. The summed E-state index contributed by atoms with van der Waals surface area (Å²) in [5.74, 6) is 0.965. The normalized spacial score (nSPS) is 17.1. The van der Waals surface area contributed by atoms with Crippen LogP contribution in [-0.2, 0) is 4.79 Å². The number of aromatic amines is 1. The van der Waals surface area contributed by atoms with Gasteiger partial charge in [0, 0.05) is 52.3 Å². The van der Waals surface area contributed by atoms with E-state index in [9.17, 15) is 4.79 Å².